The summed E-state index contributed by atoms with van der Waals surface area (Å²) < 4.78 is 10.1. The lowest BCUT2D eigenvalue weighted by molar-refractivity contribution is -0.115. The fourth-order valence-electron chi connectivity index (χ4n) is 3.45. The molecule has 0 atom stereocenters. The van der Waals surface area contributed by atoms with E-state index in [1.165, 1.54) is 16.4 Å². The molecule has 0 unspecified atom stereocenters. The van der Waals surface area contributed by atoms with Gasteiger partial charge in [-0.3, -0.25) is 14.3 Å². The van der Waals surface area contributed by atoms with E-state index in [-0.39, 0.29) is 23.6 Å². The molecule has 1 N–H and O–H groups in total. The van der Waals surface area contributed by atoms with Crippen LogP contribution >= 0.6 is 11.8 Å². The number of methoxy groups -OCH3 is 1. The van der Waals surface area contributed by atoms with Gasteiger partial charge in [0.2, 0.25) is 11.1 Å². The molecule has 2 aromatic heterocycles. The van der Waals surface area contributed by atoms with Crippen molar-refractivity contribution in [1.29, 1.82) is 0 Å². The van der Waals surface area contributed by atoms with Gasteiger partial charge in [-0.05, 0) is 47.2 Å². The topological polar surface area (TPSA) is 109 Å². The molecule has 0 spiro atoms. The fourth-order valence-corrected chi connectivity index (χ4v) is 4.27. The van der Waals surface area contributed by atoms with Crippen LogP contribution in [0.15, 0.2) is 64.5 Å². The summed E-state index contributed by atoms with van der Waals surface area (Å²) in [5, 5.41) is 15.2. The lowest BCUT2D eigenvalue weighted by Crippen LogP contribution is -2.23. The molecule has 2 aromatic carbocycles. The van der Waals surface area contributed by atoms with E-state index in [4.69, 9.17) is 4.74 Å². The predicted molar refractivity (Wildman–Crippen MR) is 130 cm³/mol. The van der Waals surface area contributed by atoms with Crippen LogP contribution in [0.4, 0.5) is 5.69 Å². The number of carbonyl (C=O) groups excluding carboxylic acids is 1. The summed E-state index contributed by atoms with van der Waals surface area (Å²) in [7, 11) is 3.41. The van der Waals surface area contributed by atoms with E-state index in [1.807, 2.05) is 54.6 Å². The Bertz CT molecular complexity index is 1330. The number of anilines is 1. The Balaban J connectivity index is 1.36. The minimum Gasteiger partial charge on any atom is -0.497 e. The van der Waals surface area contributed by atoms with Gasteiger partial charge in [-0.2, -0.15) is 0 Å². The first-order valence-electron chi connectivity index (χ1n) is 10.6. The third-order valence-electron chi connectivity index (χ3n) is 5.37. The standard InChI is InChI=1S/C23H25N7O3S/c1-16-21(22(32)30(28(16)2)18-7-5-4-6-8-18)24-20(31)13-14-34-23-25-26-27-29(23)15-17-9-11-19(33-3)12-10-17/h4-12H,13-15H2,1-3H3,(H,24,31). The lowest BCUT2D eigenvalue weighted by atomic mass is 10.2. The molecule has 0 saturated heterocycles. The van der Waals surface area contributed by atoms with Gasteiger partial charge in [-0.25, -0.2) is 9.36 Å². The van der Waals surface area contributed by atoms with E-state index in [2.05, 4.69) is 20.8 Å². The van der Waals surface area contributed by atoms with Crippen molar-refractivity contribution in [3.63, 3.8) is 0 Å². The van der Waals surface area contributed by atoms with Gasteiger partial charge >= 0.3 is 0 Å². The first kappa shape index (κ1) is 23.3. The minimum atomic E-state index is -0.268. The first-order valence-corrected chi connectivity index (χ1v) is 11.6. The van der Waals surface area contributed by atoms with Crippen molar-refractivity contribution in [2.45, 2.75) is 25.0 Å². The Morgan fingerprint density at radius 1 is 1.12 bits per heavy atom. The number of benzene rings is 2. The van der Waals surface area contributed by atoms with Crippen LogP contribution in [-0.4, -0.2) is 48.3 Å². The third kappa shape index (κ3) is 5.04. The molecule has 10 nitrogen and oxygen atoms in total. The van der Waals surface area contributed by atoms with Crippen molar-refractivity contribution in [1.82, 2.24) is 29.6 Å². The number of amides is 1. The predicted octanol–water partition coefficient (Wildman–Crippen LogP) is 2.65. The number of thioether (sulfide) groups is 1. The van der Waals surface area contributed by atoms with Gasteiger partial charge in [0.1, 0.15) is 11.4 Å². The summed E-state index contributed by atoms with van der Waals surface area (Å²) in [6.07, 6.45) is 0.208. The maximum absolute atomic E-state index is 13.0. The summed E-state index contributed by atoms with van der Waals surface area (Å²) in [5.41, 5.74) is 2.46. The molecule has 0 fully saturated rings. The largest absolute Gasteiger partial charge is 0.497 e. The van der Waals surface area contributed by atoms with E-state index in [0.717, 1.165) is 17.0 Å². The molecule has 176 valence electrons. The number of carbonyl (C=O) groups is 1. The zero-order valence-electron chi connectivity index (χ0n) is 19.1. The van der Waals surface area contributed by atoms with Crippen molar-refractivity contribution in [2.75, 3.05) is 18.2 Å². The second kappa shape index (κ2) is 10.4. The first-order chi connectivity index (χ1) is 16.5. The van der Waals surface area contributed by atoms with Crippen LogP contribution in [0.1, 0.15) is 17.7 Å². The van der Waals surface area contributed by atoms with Crippen molar-refractivity contribution in [3.8, 4) is 11.4 Å². The van der Waals surface area contributed by atoms with Crippen molar-refractivity contribution < 1.29 is 9.53 Å². The highest BCUT2D eigenvalue weighted by Crippen LogP contribution is 2.19. The number of ether oxygens (including phenoxy) is 1. The minimum absolute atomic E-state index is 0.208. The summed E-state index contributed by atoms with van der Waals surface area (Å²) >= 11 is 1.39. The van der Waals surface area contributed by atoms with E-state index < -0.39 is 0 Å². The number of aromatic nitrogens is 6. The number of hydrogen-bond donors (Lipinski definition) is 1. The number of nitrogens with one attached hydrogen (secondary N) is 1. The van der Waals surface area contributed by atoms with Crippen LogP contribution in [0.5, 0.6) is 5.75 Å². The fraction of sp³-hybridized carbons (Fsp3) is 0.261. The molecule has 0 aliphatic rings. The molecule has 1 amide bonds. The monoisotopic (exact) mass is 479 g/mol. The Hall–Kier alpha value is -3.86. The molecule has 0 aliphatic carbocycles. The zero-order chi connectivity index (χ0) is 24.1. The van der Waals surface area contributed by atoms with Gasteiger partial charge in [-0.1, -0.05) is 42.1 Å². The average Bonchev–Trinajstić information content (AvgIpc) is 3.37. The molecule has 11 heteroatoms. The van der Waals surface area contributed by atoms with Gasteiger partial charge < -0.3 is 10.1 Å². The second-order valence-corrected chi connectivity index (χ2v) is 8.61. The van der Waals surface area contributed by atoms with Crippen molar-refractivity contribution in [3.05, 3.63) is 76.2 Å². The van der Waals surface area contributed by atoms with Crippen LogP contribution in [0.2, 0.25) is 0 Å². The van der Waals surface area contributed by atoms with E-state index in [9.17, 15) is 9.59 Å². The average molecular weight is 480 g/mol. The Labute approximate surface area is 200 Å². The van der Waals surface area contributed by atoms with Crippen LogP contribution in [0.25, 0.3) is 5.69 Å². The van der Waals surface area contributed by atoms with Gasteiger partial charge in [0.05, 0.1) is 25.0 Å². The molecule has 4 rings (SSSR count). The van der Waals surface area contributed by atoms with Gasteiger partial charge in [0.25, 0.3) is 5.56 Å². The molecule has 4 aromatic rings. The Morgan fingerprint density at radius 2 is 1.85 bits per heavy atom. The normalized spacial score (nSPS) is 10.9. The zero-order valence-corrected chi connectivity index (χ0v) is 20.0. The molecular weight excluding hydrogens is 454 g/mol. The number of para-hydroxylation sites is 1. The number of tetrazole rings is 1. The van der Waals surface area contributed by atoms with Crippen LogP contribution < -0.4 is 15.6 Å². The number of nitrogens with zero attached hydrogens (tertiary/aromatic N) is 6. The highest BCUT2D eigenvalue weighted by Gasteiger charge is 2.18. The van der Waals surface area contributed by atoms with Crippen molar-refractivity contribution >= 4 is 23.4 Å². The van der Waals surface area contributed by atoms with E-state index in [1.54, 1.807) is 30.4 Å². The Morgan fingerprint density at radius 3 is 2.56 bits per heavy atom. The summed E-state index contributed by atoms with van der Waals surface area (Å²) in [4.78, 5) is 25.5. The third-order valence-corrected chi connectivity index (χ3v) is 6.33. The molecule has 0 radical (unpaired) electrons. The highest BCUT2D eigenvalue weighted by atomic mass is 32.2. The maximum Gasteiger partial charge on any atom is 0.295 e. The number of rotatable bonds is 9. The molecule has 2 heterocycles. The highest BCUT2D eigenvalue weighted by molar-refractivity contribution is 7.99. The summed E-state index contributed by atoms with van der Waals surface area (Å²) in [5.74, 6) is 1.01. The maximum atomic E-state index is 13.0. The summed E-state index contributed by atoms with van der Waals surface area (Å²) in [6, 6.07) is 17.0. The van der Waals surface area contributed by atoms with Crippen LogP contribution in [-0.2, 0) is 18.4 Å². The van der Waals surface area contributed by atoms with Gasteiger partial charge in [-0.15, -0.1) is 5.10 Å². The van der Waals surface area contributed by atoms with E-state index >= 15 is 0 Å². The van der Waals surface area contributed by atoms with Gasteiger partial charge in [0, 0.05) is 19.2 Å². The quantitative estimate of drug-likeness (QED) is 0.368. The molecule has 0 saturated carbocycles. The molecule has 34 heavy (non-hydrogen) atoms. The smallest absolute Gasteiger partial charge is 0.295 e. The van der Waals surface area contributed by atoms with Crippen molar-refractivity contribution in [2.24, 2.45) is 7.05 Å². The van der Waals surface area contributed by atoms with Crippen LogP contribution in [0.3, 0.4) is 0 Å². The van der Waals surface area contributed by atoms with Crippen LogP contribution in [0, 0.1) is 6.92 Å². The summed E-state index contributed by atoms with van der Waals surface area (Å²) in [6.45, 7) is 2.31. The SMILES string of the molecule is COc1ccc(Cn2nnnc2SCCC(=O)Nc2c(C)n(C)n(-c3ccccc3)c2=O)cc1. The molecular formula is C23H25N7O3S. The molecule has 0 bridgehead atoms. The number of hydrogen-bond acceptors (Lipinski definition) is 7. The van der Waals surface area contributed by atoms with Gasteiger partial charge in [0.15, 0.2) is 0 Å². The lowest BCUT2D eigenvalue weighted by Gasteiger charge is -2.07. The Kier molecular flexibility index (Phi) is 7.12. The second-order valence-electron chi connectivity index (χ2n) is 7.55. The van der Waals surface area contributed by atoms with E-state index in [0.29, 0.717) is 23.1 Å². The molecule has 0 aliphatic heterocycles.